The van der Waals surface area contributed by atoms with Gasteiger partial charge in [-0.1, -0.05) is 25.3 Å². The summed E-state index contributed by atoms with van der Waals surface area (Å²) in [5.41, 5.74) is 2.57. The first-order chi connectivity index (χ1) is 27.3. The number of hydrogen-bond acceptors (Lipinski definition) is 12. The molecular weight excluding hydrogens is 720 g/mol. The molecule has 0 aliphatic carbocycles. The van der Waals surface area contributed by atoms with Gasteiger partial charge in [0.1, 0.15) is 41.9 Å². The average molecular weight is 771 g/mol. The van der Waals surface area contributed by atoms with Crippen LogP contribution in [0.25, 0.3) is 0 Å². The molecule has 0 aliphatic rings. The largest absolute Gasteiger partial charge is 0.494 e. The Bertz CT molecular complexity index is 1680. The predicted molar refractivity (Wildman–Crippen MR) is 213 cm³/mol. The van der Waals surface area contributed by atoms with E-state index in [2.05, 4.69) is 13.2 Å². The minimum atomic E-state index is -0.463. The molecule has 0 atom stereocenters. The van der Waals surface area contributed by atoms with Crippen molar-refractivity contribution in [3.8, 4) is 23.0 Å². The highest BCUT2D eigenvalue weighted by Crippen LogP contribution is 2.18. The normalized spacial score (nSPS) is 9.55. The number of benzene rings is 4. The predicted octanol–water partition coefficient (Wildman–Crippen LogP) is 7.39. The van der Waals surface area contributed by atoms with Crippen LogP contribution in [0.2, 0.25) is 0 Å². The Morgan fingerprint density at radius 3 is 1.20 bits per heavy atom. The fourth-order valence-electron chi connectivity index (χ4n) is 4.05. The van der Waals surface area contributed by atoms with E-state index in [1.54, 1.807) is 106 Å². The van der Waals surface area contributed by atoms with Gasteiger partial charge in [-0.15, -0.1) is 0 Å². The molecule has 12 nitrogen and oxygen atoms in total. The summed E-state index contributed by atoms with van der Waals surface area (Å²) < 4.78 is 36.7. The molecule has 0 radical (unpaired) electrons. The zero-order valence-electron chi connectivity index (χ0n) is 32.1. The summed E-state index contributed by atoms with van der Waals surface area (Å²) >= 11 is 0. The van der Waals surface area contributed by atoms with Crippen molar-refractivity contribution < 1.29 is 57.1 Å². The van der Waals surface area contributed by atoms with Crippen LogP contribution in [0, 0.1) is 0 Å². The Morgan fingerprint density at radius 2 is 0.857 bits per heavy atom. The molecule has 4 rings (SSSR count). The van der Waals surface area contributed by atoms with Crippen molar-refractivity contribution in [2.45, 2.75) is 19.3 Å². The first kappa shape index (κ1) is 47.8. The molecule has 56 heavy (non-hydrogen) atoms. The molecule has 0 fully saturated rings. The summed E-state index contributed by atoms with van der Waals surface area (Å²) in [4.78, 5) is 52.9. The number of aldehydes is 3. The second kappa shape index (κ2) is 31.2. The van der Waals surface area contributed by atoms with Crippen molar-refractivity contribution in [2.75, 3.05) is 54.4 Å². The maximum absolute atomic E-state index is 12.2. The lowest BCUT2D eigenvalue weighted by molar-refractivity contribution is -0.104. The van der Waals surface area contributed by atoms with E-state index in [1.807, 2.05) is 12.1 Å². The summed E-state index contributed by atoms with van der Waals surface area (Å²) in [6.07, 6.45) is 6.85. The molecule has 0 saturated carbocycles. The van der Waals surface area contributed by atoms with E-state index >= 15 is 0 Å². The zero-order chi connectivity index (χ0) is 41.2. The summed E-state index contributed by atoms with van der Waals surface area (Å²) in [6.45, 7) is 9.33. The topological polar surface area (TPSA) is 150 Å². The minimum Gasteiger partial charge on any atom is -0.494 e. The minimum absolute atomic E-state index is 0.389. The quantitative estimate of drug-likeness (QED) is 0.0290. The molecule has 0 spiro atoms. The van der Waals surface area contributed by atoms with E-state index in [-0.39, 0.29) is 0 Å². The Balaban J connectivity index is 0.000000471. The van der Waals surface area contributed by atoms with Crippen molar-refractivity contribution in [1.82, 2.24) is 0 Å². The number of ether oxygens (including phenoxy) is 7. The molecule has 0 amide bonds. The Labute approximate surface area is 328 Å². The maximum Gasteiger partial charge on any atom is 0.343 e. The van der Waals surface area contributed by atoms with Crippen LogP contribution in [0.5, 0.6) is 23.0 Å². The number of hydrogen-bond donors (Lipinski definition) is 0. The van der Waals surface area contributed by atoms with E-state index in [0.717, 1.165) is 36.9 Å². The maximum atomic E-state index is 12.2. The van der Waals surface area contributed by atoms with Crippen molar-refractivity contribution in [3.63, 3.8) is 0 Å². The van der Waals surface area contributed by atoms with Crippen LogP contribution in [-0.4, -0.2) is 85.2 Å². The molecule has 4 aromatic rings. The van der Waals surface area contributed by atoms with Gasteiger partial charge in [0, 0.05) is 52.9 Å². The highest BCUT2D eigenvalue weighted by molar-refractivity contribution is 5.91. The molecule has 0 aliphatic heterocycles. The van der Waals surface area contributed by atoms with Gasteiger partial charge < -0.3 is 33.2 Å². The number of carbonyl (C=O) groups is 5. The molecule has 12 heteroatoms. The van der Waals surface area contributed by atoms with E-state index in [0.29, 0.717) is 79.5 Å². The Kier molecular flexibility index (Phi) is 26.6. The number of carbonyl (C=O) groups excluding carboxylic acids is 5. The zero-order valence-corrected chi connectivity index (χ0v) is 32.1. The number of methoxy groups -OCH3 is 3. The molecule has 0 unspecified atom stereocenters. The van der Waals surface area contributed by atoms with Crippen LogP contribution in [0.1, 0.15) is 49.5 Å². The third-order valence-electron chi connectivity index (χ3n) is 6.85. The molecule has 0 aromatic heterocycles. The average Bonchev–Trinajstić information content (AvgIpc) is 3.24. The van der Waals surface area contributed by atoms with Crippen LogP contribution in [-0.2, 0) is 30.2 Å². The SMILES string of the molecule is C=CC=O.C=CC=O.COCCCOc1ccc(C(=O)Oc2ccc(C=O)cc2)cc1.COCCCOc1ccc(C(=O)Oc2ccc(CCOC)cc2)cc1. The molecular formula is C44H50O12. The van der Waals surface area contributed by atoms with E-state index in [1.165, 1.54) is 12.2 Å². The fraction of sp³-hybridized carbons (Fsp3) is 0.250. The lowest BCUT2D eigenvalue weighted by Gasteiger charge is -2.08. The monoisotopic (exact) mass is 770 g/mol. The van der Waals surface area contributed by atoms with Gasteiger partial charge in [-0.3, -0.25) is 14.4 Å². The van der Waals surface area contributed by atoms with Gasteiger partial charge in [0.25, 0.3) is 0 Å². The lowest BCUT2D eigenvalue weighted by atomic mass is 10.1. The van der Waals surface area contributed by atoms with Crippen LogP contribution in [0.15, 0.2) is 122 Å². The summed E-state index contributed by atoms with van der Waals surface area (Å²) in [5, 5.41) is 0. The number of allylic oxidation sites excluding steroid dienone is 2. The molecule has 298 valence electrons. The molecule has 0 heterocycles. The second-order valence-corrected chi connectivity index (χ2v) is 11.0. The number of rotatable bonds is 20. The van der Waals surface area contributed by atoms with Gasteiger partial charge in [0.15, 0.2) is 0 Å². The highest BCUT2D eigenvalue weighted by atomic mass is 16.5. The van der Waals surface area contributed by atoms with E-state index in [9.17, 15) is 14.4 Å². The van der Waals surface area contributed by atoms with Crippen molar-refractivity contribution in [1.29, 1.82) is 0 Å². The van der Waals surface area contributed by atoms with Gasteiger partial charge in [-0.2, -0.15) is 0 Å². The van der Waals surface area contributed by atoms with Crippen LogP contribution >= 0.6 is 0 Å². The molecule has 0 N–H and O–H groups in total. The van der Waals surface area contributed by atoms with Crippen molar-refractivity contribution >= 4 is 30.8 Å². The first-order valence-electron chi connectivity index (χ1n) is 17.4. The number of esters is 2. The van der Waals surface area contributed by atoms with Gasteiger partial charge >= 0.3 is 11.9 Å². The van der Waals surface area contributed by atoms with Crippen LogP contribution < -0.4 is 18.9 Å². The molecule has 0 saturated heterocycles. The lowest BCUT2D eigenvalue weighted by Crippen LogP contribution is -2.08. The Morgan fingerprint density at radius 1 is 0.500 bits per heavy atom. The van der Waals surface area contributed by atoms with Gasteiger partial charge in [0.2, 0.25) is 0 Å². The summed E-state index contributed by atoms with van der Waals surface area (Å²) in [5.74, 6) is 1.46. The van der Waals surface area contributed by atoms with Crippen LogP contribution in [0.3, 0.4) is 0 Å². The van der Waals surface area contributed by atoms with Crippen molar-refractivity contribution in [3.05, 3.63) is 145 Å². The first-order valence-corrected chi connectivity index (χ1v) is 17.4. The van der Waals surface area contributed by atoms with Gasteiger partial charge in [-0.25, -0.2) is 9.59 Å². The molecule has 0 bridgehead atoms. The summed E-state index contributed by atoms with van der Waals surface area (Å²) in [7, 11) is 4.98. The van der Waals surface area contributed by atoms with Crippen LogP contribution in [0.4, 0.5) is 0 Å². The van der Waals surface area contributed by atoms with Gasteiger partial charge in [0.05, 0.1) is 30.9 Å². The van der Waals surface area contributed by atoms with Crippen molar-refractivity contribution in [2.24, 2.45) is 0 Å². The van der Waals surface area contributed by atoms with E-state index in [4.69, 9.17) is 42.7 Å². The third kappa shape index (κ3) is 21.5. The van der Waals surface area contributed by atoms with E-state index < -0.39 is 11.9 Å². The third-order valence-corrected chi connectivity index (χ3v) is 6.85. The Hall–Kier alpha value is -6.21. The molecule has 4 aromatic carbocycles. The summed E-state index contributed by atoms with van der Waals surface area (Å²) in [6, 6.07) is 27.4. The fourth-order valence-corrected chi connectivity index (χ4v) is 4.05. The highest BCUT2D eigenvalue weighted by Gasteiger charge is 2.10. The van der Waals surface area contributed by atoms with Gasteiger partial charge in [-0.05, 0) is 109 Å². The smallest absolute Gasteiger partial charge is 0.343 e. The second-order valence-electron chi connectivity index (χ2n) is 11.0. The standard InChI is InChI=1S/C20H24O5.C18H18O5.2C3H4O/c1-22-13-3-14-24-18-10-6-17(7-11-18)20(21)25-19-8-4-16(5-9-19)12-15-23-2;1-21-11-2-12-22-16-9-5-15(6-10-16)18(20)23-17-7-3-14(13-19)4-8-17;2*1-2-3-4/h4-11H,3,12-15H2,1-2H3;3-10,13H,2,11-12H2,1H3;2*2-3H,1H2.